The van der Waals surface area contributed by atoms with Crippen LogP contribution in [0.4, 0.5) is 8.78 Å². The van der Waals surface area contributed by atoms with Gasteiger partial charge in [0.2, 0.25) is 5.91 Å². The van der Waals surface area contributed by atoms with Crippen LogP contribution in [0.3, 0.4) is 0 Å². The van der Waals surface area contributed by atoms with E-state index in [1.807, 2.05) is 0 Å². The number of aryl methyl sites for hydroxylation is 1. The summed E-state index contributed by atoms with van der Waals surface area (Å²) in [6.07, 6.45) is -0.330. The standard InChI is InChI=1S/C15H22F2N4O3/c1-5-14(9-15(14,16)17)13(24)20(3)7-6-19(2)12(23)10-8-11(22)18-21(10)4/h8H,5-7,9H2,1-4H3,(H,18,22). The predicted octanol–water partition coefficient (Wildman–Crippen LogP) is 0.679. The van der Waals surface area contributed by atoms with Crippen LogP contribution in [0.2, 0.25) is 0 Å². The number of halogens is 2. The monoisotopic (exact) mass is 344 g/mol. The molecule has 1 atom stereocenters. The van der Waals surface area contributed by atoms with Gasteiger partial charge in [0.15, 0.2) is 0 Å². The van der Waals surface area contributed by atoms with Crippen molar-refractivity contribution >= 4 is 11.8 Å². The first kappa shape index (κ1) is 18.2. The average molecular weight is 344 g/mol. The molecule has 1 aliphatic carbocycles. The minimum atomic E-state index is -2.95. The number of likely N-dealkylation sites (N-methyl/N-ethyl adjacent to an activating group) is 2. The van der Waals surface area contributed by atoms with E-state index in [0.717, 1.165) is 0 Å². The molecule has 1 aromatic rings. The molecule has 0 aliphatic heterocycles. The number of amides is 2. The predicted molar refractivity (Wildman–Crippen MR) is 82.9 cm³/mol. The quantitative estimate of drug-likeness (QED) is 0.824. The summed E-state index contributed by atoms with van der Waals surface area (Å²) in [6, 6.07) is 1.19. The molecule has 0 spiro atoms. The Hall–Kier alpha value is -2.19. The van der Waals surface area contributed by atoms with Gasteiger partial charge in [-0.05, 0) is 6.42 Å². The zero-order chi connectivity index (χ0) is 18.3. The van der Waals surface area contributed by atoms with Crippen LogP contribution < -0.4 is 5.56 Å². The highest BCUT2D eigenvalue weighted by atomic mass is 19.3. The Labute approximate surface area is 138 Å². The summed E-state index contributed by atoms with van der Waals surface area (Å²) in [5.41, 5.74) is -1.79. The Morgan fingerprint density at radius 2 is 1.83 bits per heavy atom. The van der Waals surface area contributed by atoms with Gasteiger partial charge < -0.3 is 9.80 Å². The Morgan fingerprint density at radius 3 is 2.25 bits per heavy atom. The molecule has 7 nitrogen and oxygen atoms in total. The maximum Gasteiger partial charge on any atom is 0.271 e. The number of carbonyl (C=O) groups excluding carboxylic acids is 2. The molecular formula is C15H22F2N4O3. The molecule has 134 valence electrons. The van der Waals surface area contributed by atoms with E-state index in [9.17, 15) is 23.2 Å². The van der Waals surface area contributed by atoms with E-state index in [1.165, 1.54) is 41.7 Å². The van der Waals surface area contributed by atoms with Crippen LogP contribution in [-0.2, 0) is 11.8 Å². The number of carbonyl (C=O) groups is 2. The lowest BCUT2D eigenvalue weighted by Gasteiger charge is -2.25. The fourth-order valence-electron chi connectivity index (χ4n) is 2.85. The van der Waals surface area contributed by atoms with Crippen molar-refractivity contribution in [1.29, 1.82) is 0 Å². The van der Waals surface area contributed by atoms with Gasteiger partial charge in [0.1, 0.15) is 11.1 Å². The number of aromatic nitrogens is 2. The number of hydrogen-bond donors (Lipinski definition) is 1. The van der Waals surface area contributed by atoms with Gasteiger partial charge in [0, 0.05) is 46.7 Å². The average Bonchev–Trinajstić information content (AvgIpc) is 2.94. The normalized spacial score (nSPS) is 21.4. The smallest absolute Gasteiger partial charge is 0.271 e. The van der Waals surface area contributed by atoms with E-state index in [1.54, 1.807) is 6.92 Å². The summed E-state index contributed by atoms with van der Waals surface area (Å²) >= 11 is 0. The minimum absolute atomic E-state index is 0.0867. The maximum atomic E-state index is 13.5. The summed E-state index contributed by atoms with van der Waals surface area (Å²) in [5, 5.41) is 2.44. The van der Waals surface area contributed by atoms with E-state index in [2.05, 4.69) is 5.10 Å². The van der Waals surface area contributed by atoms with Crippen molar-refractivity contribution in [3.8, 4) is 0 Å². The summed E-state index contributed by atoms with van der Waals surface area (Å²) in [5.74, 6) is -3.93. The van der Waals surface area contributed by atoms with E-state index >= 15 is 0 Å². The zero-order valence-corrected chi connectivity index (χ0v) is 14.2. The number of aromatic amines is 1. The molecule has 1 aliphatic rings. The molecule has 24 heavy (non-hydrogen) atoms. The fraction of sp³-hybridized carbons (Fsp3) is 0.667. The molecule has 2 rings (SSSR count). The van der Waals surface area contributed by atoms with Crippen molar-refractivity contribution in [2.24, 2.45) is 12.5 Å². The van der Waals surface area contributed by atoms with Gasteiger partial charge in [-0.25, -0.2) is 8.78 Å². The van der Waals surface area contributed by atoms with Crippen molar-refractivity contribution in [2.75, 3.05) is 27.2 Å². The molecule has 9 heteroatoms. The highest BCUT2D eigenvalue weighted by Crippen LogP contribution is 2.63. The molecule has 0 aromatic carbocycles. The largest absolute Gasteiger partial charge is 0.343 e. The van der Waals surface area contributed by atoms with Crippen molar-refractivity contribution in [1.82, 2.24) is 19.6 Å². The van der Waals surface area contributed by atoms with Crippen LogP contribution in [0.15, 0.2) is 10.9 Å². The van der Waals surface area contributed by atoms with Gasteiger partial charge in [-0.2, -0.15) is 0 Å². The van der Waals surface area contributed by atoms with Gasteiger partial charge >= 0.3 is 0 Å². The molecule has 2 amide bonds. The maximum absolute atomic E-state index is 13.5. The number of H-pyrrole nitrogens is 1. The van der Waals surface area contributed by atoms with Crippen molar-refractivity contribution in [3.63, 3.8) is 0 Å². The molecule has 0 bridgehead atoms. The second-order valence-electron chi connectivity index (χ2n) is 6.33. The summed E-state index contributed by atoms with van der Waals surface area (Å²) in [7, 11) is 4.52. The first-order valence-electron chi connectivity index (χ1n) is 7.70. The van der Waals surface area contributed by atoms with Gasteiger partial charge in [0.05, 0.1) is 0 Å². The van der Waals surface area contributed by atoms with Gasteiger partial charge in [-0.3, -0.25) is 24.2 Å². The summed E-state index contributed by atoms with van der Waals surface area (Å²) in [6.45, 7) is 1.89. The van der Waals surface area contributed by atoms with Crippen LogP contribution >= 0.6 is 0 Å². The first-order valence-corrected chi connectivity index (χ1v) is 7.70. The topological polar surface area (TPSA) is 78.4 Å². The fourth-order valence-corrected chi connectivity index (χ4v) is 2.85. The minimum Gasteiger partial charge on any atom is -0.343 e. The Bertz CT molecular complexity index is 712. The van der Waals surface area contributed by atoms with Crippen molar-refractivity contribution in [2.45, 2.75) is 25.7 Å². The Balaban J connectivity index is 1.95. The van der Waals surface area contributed by atoms with Gasteiger partial charge in [0.25, 0.3) is 17.4 Å². The second-order valence-corrected chi connectivity index (χ2v) is 6.33. The molecule has 0 radical (unpaired) electrons. The highest BCUT2D eigenvalue weighted by Gasteiger charge is 2.74. The van der Waals surface area contributed by atoms with Crippen LogP contribution in [0.5, 0.6) is 0 Å². The first-order chi connectivity index (χ1) is 11.1. The van der Waals surface area contributed by atoms with E-state index in [4.69, 9.17) is 0 Å². The molecule has 1 fully saturated rings. The van der Waals surface area contributed by atoms with E-state index in [0.29, 0.717) is 0 Å². The third-order valence-corrected chi connectivity index (χ3v) is 4.70. The molecule has 1 unspecified atom stereocenters. The number of nitrogens with zero attached hydrogens (tertiary/aromatic N) is 3. The number of alkyl halides is 2. The van der Waals surface area contributed by atoms with Crippen molar-refractivity contribution < 1.29 is 18.4 Å². The zero-order valence-electron chi connectivity index (χ0n) is 14.2. The molecule has 1 heterocycles. The summed E-state index contributed by atoms with van der Waals surface area (Å²) in [4.78, 5) is 38.3. The molecule has 1 saturated carbocycles. The SMILES string of the molecule is CCC1(C(=O)N(C)CCN(C)C(=O)c2cc(=O)[nH]n2C)CC1(F)F. The van der Waals surface area contributed by atoms with Gasteiger partial charge in [-0.15, -0.1) is 0 Å². The van der Waals surface area contributed by atoms with Crippen LogP contribution in [0.25, 0.3) is 0 Å². The number of rotatable bonds is 6. The lowest BCUT2D eigenvalue weighted by atomic mass is 10.0. The lowest BCUT2D eigenvalue weighted by Crippen LogP contribution is -2.42. The Kier molecular flexibility index (Phi) is 4.56. The van der Waals surface area contributed by atoms with E-state index < -0.39 is 29.6 Å². The second kappa shape index (κ2) is 6.03. The number of hydrogen-bond acceptors (Lipinski definition) is 3. The van der Waals surface area contributed by atoms with Gasteiger partial charge in [-0.1, -0.05) is 6.92 Å². The summed E-state index contributed by atoms with van der Waals surface area (Å²) < 4.78 is 28.3. The van der Waals surface area contributed by atoms with Crippen LogP contribution in [0.1, 0.15) is 30.3 Å². The van der Waals surface area contributed by atoms with E-state index in [-0.39, 0.29) is 30.8 Å². The van der Waals surface area contributed by atoms with Crippen LogP contribution in [-0.4, -0.2) is 64.5 Å². The molecule has 1 N–H and O–H groups in total. The Morgan fingerprint density at radius 1 is 1.29 bits per heavy atom. The molecule has 1 aromatic heterocycles. The highest BCUT2D eigenvalue weighted by molar-refractivity contribution is 5.92. The molecule has 0 saturated heterocycles. The number of nitrogens with one attached hydrogen (secondary N) is 1. The molecular weight excluding hydrogens is 322 g/mol. The lowest BCUT2D eigenvalue weighted by molar-refractivity contribution is -0.140. The third kappa shape index (κ3) is 2.94. The van der Waals surface area contributed by atoms with Crippen LogP contribution in [0, 0.1) is 5.41 Å². The van der Waals surface area contributed by atoms with Crippen molar-refractivity contribution in [3.05, 3.63) is 22.1 Å². The third-order valence-electron chi connectivity index (χ3n) is 4.70.